The van der Waals surface area contributed by atoms with Gasteiger partial charge in [-0.05, 0) is 46.6 Å². The van der Waals surface area contributed by atoms with Gasteiger partial charge in [0.2, 0.25) is 0 Å². The third kappa shape index (κ3) is 3.77. The van der Waals surface area contributed by atoms with Crippen LogP contribution in [0.5, 0.6) is 0 Å². The summed E-state index contributed by atoms with van der Waals surface area (Å²) in [5.41, 5.74) is -0.502. The van der Waals surface area contributed by atoms with E-state index in [1.54, 1.807) is 36.4 Å². The van der Waals surface area contributed by atoms with Gasteiger partial charge in [0.15, 0.2) is 14.5 Å². The third-order valence-corrected chi connectivity index (χ3v) is 6.91. The number of hydrogen-bond acceptors (Lipinski definition) is 6. The zero-order valence-electron chi connectivity index (χ0n) is 14.6. The molecule has 0 radical (unpaired) electrons. The minimum absolute atomic E-state index is 0.00955. The summed E-state index contributed by atoms with van der Waals surface area (Å²) >= 11 is 3.21. The first kappa shape index (κ1) is 18.9. The van der Waals surface area contributed by atoms with E-state index in [1.807, 2.05) is 0 Å². The molecule has 1 fully saturated rings. The quantitative estimate of drug-likeness (QED) is 0.549. The Morgan fingerprint density at radius 1 is 1.18 bits per heavy atom. The van der Waals surface area contributed by atoms with Crippen LogP contribution < -0.4 is 5.63 Å². The maximum Gasteiger partial charge on any atom is 0.349 e. The number of para-hydroxylation sites is 1. The van der Waals surface area contributed by atoms with E-state index in [0.717, 1.165) is 0 Å². The molecule has 3 heterocycles. The number of halogens is 1. The molecule has 0 unspecified atom stereocenters. The summed E-state index contributed by atoms with van der Waals surface area (Å²) in [6.45, 7) is 0.0525. The molecule has 1 atom stereocenters. The molecule has 1 saturated heterocycles. The fourth-order valence-electron chi connectivity index (χ4n) is 3.36. The molecule has 0 aliphatic carbocycles. The van der Waals surface area contributed by atoms with Gasteiger partial charge in [-0.2, -0.15) is 0 Å². The van der Waals surface area contributed by atoms with Crippen molar-refractivity contribution in [2.45, 2.75) is 19.0 Å². The second-order valence-electron chi connectivity index (χ2n) is 6.68. The molecule has 9 heteroatoms. The molecule has 1 amide bonds. The van der Waals surface area contributed by atoms with Crippen molar-refractivity contribution in [1.29, 1.82) is 0 Å². The molecule has 7 nitrogen and oxygen atoms in total. The first-order valence-corrected chi connectivity index (χ1v) is 11.2. The lowest BCUT2D eigenvalue weighted by Crippen LogP contribution is -2.42. The molecule has 0 N–H and O–H groups in total. The van der Waals surface area contributed by atoms with E-state index in [2.05, 4.69) is 15.9 Å². The van der Waals surface area contributed by atoms with Crippen LogP contribution in [0.25, 0.3) is 11.0 Å². The van der Waals surface area contributed by atoms with Crippen molar-refractivity contribution >= 4 is 42.6 Å². The Bertz CT molecular complexity index is 1210. The van der Waals surface area contributed by atoms with Crippen LogP contribution in [-0.2, 0) is 16.4 Å². The number of carbonyl (C=O) groups excluding carboxylic acids is 1. The molecule has 1 aliphatic rings. The van der Waals surface area contributed by atoms with Crippen molar-refractivity contribution in [2.24, 2.45) is 0 Å². The molecular formula is C19H16BrNO6S. The first-order valence-electron chi connectivity index (χ1n) is 8.61. The Labute approximate surface area is 169 Å². The number of benzene rings is 1. The summed E-state index contributed by atoms with van der Waals surface area (Å²) in [5, 5.41) is 0.616. The smallest absolute Gasteiger partial charge is 0.349 e. The molecule has 1 aliphatic heterocycles. The van der Waals surface area contributed by atoms with Gasteiger partial charge in [0.25, 0.3) is 5.91 Å². The summed E-state index contributed by atoms with van der Waals surface area (Å²) in [5.74, 6) is -0.223. The number of rotatable bonds is 4. The minimum Gasteiger partial charge on any atom is -0.452 e. The number of furan rings is 1. The van der Waals surface area contributed by atoms with E-state index in [0.29, 0.717) is 27.8 Å². The lowest BCUT2D eigenvalue weighted by atomic mass is 10.1. The van der Waals surface area contributed by atoms with Gasteiger partial charge < -0.3 is 13.7 Å². The molecular weight excluding hydrogens is 450 g/mol. The number of nitrogens with zero attached hydrogens (tertiary/aromatic N) is 1. The maximum absolute atomic E-state index is 13.2. The van der Waals surface area contributed by atoms with Gasteiger partial charge in [0.05, 0.1) is 18.1 Å². The van der Waals surface area contributed by atoms with E-state index >= 15 is 0 Å². The highest BCUT2D eigenvalue weighted by Crippen LogP contribution is 2.24. The molecule has 28 heavy (non-hydrogen) atoms. The molecule has 0 spiro atoms. The standard InChI is InChI=1S/C19H16BrNO6S/c20-17-6-5-14(26-17)10-21(13-7-8-28(24,25)11-13)18(22)15-9-12-3-1-2-4-16(12)27-19(15)23/h1-6,9,13H,7-8,10-11H2/t13-/m1/s1. The van der Waals surface area contributed by atoms with Crippen LogP contribution in [0.4, 0.5) is 0 Å². The van der Waals surface area contributed by atoms with Crippen LogP contribution in [0.15, 0.2) is 60.8 Å². The fourth-order valence-corrected chi connectivity index (χ4v) is 5.43. The summed E-state index contributed by atoms with van der Waals surface area (Å²) in [6, 6.07) is 11.2. The van der Waals surface area contributed by atoms with Crippen molar-refractivity contribution in [3.63, 3.8) is 0 Å². The number of fused-ring (bicyclic) bond motifs is 1. The fraction of sp³-hybridized carbons (Fsp3) is 0.263. The second-order valence-corrected chi connectivity index (χ2v) is 9.69. The van der Waals surface area contributed by atoms with E-state index < -0.39 is 27.4 Å². The molecule has 2 aromatic heterocycles. The lowest BCUT2D eigenvalue weighted by molar-refractivity contribution is 0.0661. The van der Waals surface area contributed by atoms with E-state index in [9.17, 15) is 18.0 Å². The van der Waals surface area contributed by atoms with Crippen LogP contribution in [0.3, 0.4) is 0 Å². The third-order valence-electron chi connectivity index (χ3n) is 4.74. The Hall–Kier alpha value is -2.39. The minimum atomic E-state index is -3.22. The molecule has 0 saturated carbocycles. The Balaban J connectivity index is 1.74. The first-order chi connectivity index (χ1) is 13.3. The van der Waals surface area contributed by atoms with Gasteiger partial charge in [-0.1, -0.05) is 18.2 Å². The number of amides is 1. The van der Waals surface area contributed by atoms with Crippen LogP contribution >= 0.6 is 15.9 Å². The van der Waals surface area contributed by atoms with Gasteiger partial charge in [-0.15, -0.1) is 0 Å². The highest BCUT2D eigenvalue weighted by Gasteiger charge is 2.36. The average Bonchev–Trinajstić information content (AvgIpc) is 3.23. The highest BCUT2D eigenvalue weighted by atomic mass is 79.9. The van der Waals surface area contributed by atoms with E-state index in [1.165, 1.54) is 11.0 Å². The van der Waals surface area contributed by atoms with Crippen molar-refractivity contribution < 1.29 is 22.0 Å². The molecule has 0 bridgehead atoms. The normalized spacial score (nSPS) is 18.4. The van der Waals surface area contributed by atoms with Crippen LogP contribution in [0.2, 0.25) is 0 Å². The molecule has 4 rings (SSSR count). The Kier molecular flexibility index (Phi) is 4.88. The van der Waals surface area contributed by atoms with Crippen molar-refractivity contribution in [3.05, 3.63) is 68.9 Å². The maximum atomic E-state index is 13.2. The second kappa shape index (κ2) is 7.21. The van der Waals surface area contributed by atoms with Gasteiger partial charge >= 0.3 is 5.63 Å². The van der Waals surface area contributed by atoms with Gasteiger partial charge in [0, 0.05) is 11.4 Å². The summed E-state index contributed by atoms with van der Waals surface area (Å²) in [4.78, 5) is 27.0. The number of carbonyl (C=O) groups is 1. The Morgan fingerprint density at radius 2 is 1.96 bits per heavy atom. The Morgan fingerprint density at radius 3 is 2.64 bits per heavy atom. The van der Waals surface area contributed by atoms with E-state index in [-0.39, 0.29) is 23.6 Å². The highest BCUT2D eigenvalue weighted by molar-refractivity contribution is 9.10. The zero-order chi connectivity index (χ0) is 19.9. The van der Waals surface area contributed by atoms with Crippen LogP contribution in [0.1, 0.15) is 22.5 Å². The average molecular weight is 466 g/mol. The number of sulfone groups is 1. The SMILES string of the molecule is O=C(c1cc2ccccc2oc1=O)N(Cc1ccc(Br)o1)[C@@H]1CCS(=O)(=O)C1. The van der Waals surface area contributed by atoms with Crippen LogP contribution in [0, 0.1) is 0 Å². The molecule has 146 valence electrons. The monoisotopic (exact) mass is 465 g/mol. The molecule has 1 aromatic carbocycles. The van der Waals surface area contributed by atoms with Crippen molar-refractivity contribution in [2.75, 3.05) is 11.5 Å². The lowest BCUT2D eigenvalue weighted by Gasteiger charge is -2.27. The molecule has 3 aromatic rings. The van der Waals surface area contributed by atoms with Gasteiger partial charge in [-0.3, -0.25) is 4.79 Å². The summed E-state index contributed by atoms with van der Waals surface area (Å²) < 4.78 is 35.2. The predicted octanol–water partition coefficient (Wildman–Crippen LogP) is 2.98. The topological polar surface area (TPSA) is 97.8 Å². The predicted molar refractivity (Wildman–Crippen MR) is 106 cm³/mol. The van der Waals surface area contributed by atoms with Crippen molar-refractivity contribution in [1.82, 2.24) is 4.90 Å². The van der Waals surface area contributed by atoms with E-state index in [4.69, 9.17) is 8.83 Å². The van der Waals surface area contributed by atoms with Gasteiger partial charge in [0.1, 0.15) is 16.9 Å². The zero-order valence-corrected chi connectivity index (χ0v) is 17.0. The summed E-state index contributed by atoms with van der Waals surface area (Å²) in [7, 11) is -3.22. The van der Waals surface area contributed by atoms with Crippen LogP contribution in [-0.4, -0.2) is 36.8 Å². The summed E-state index contributed by atoms with van der Waals surface area (Å²) in [6.07, 6.45) is 0.314. The largest absolute Gasteiger partial charge is 0.452 e. The van der Waals surface area contributed by atoms with Crippen molar-refractivity contribution in [3.8, 4) is 0 Å². The number of hydrogen-bond donors (Lipinski definition) is 0. The van der Waals surface area contributed by atoms with Gasteiger partial charge in [-0.25, -0.2) is 13.2 Å².